The van der Waals surface area contributed by atoms with Crippen LogP contribution < -0.4 is 0 Å². The highest BCUT2D eigenvalue weighted by atomic mass is 19.4. The molecule has 0 heterocycles. The Bertz CT molecular complexity index is 155. The van der Waals surface area contributed by atoms with Crippen molar-refractivity contribution in [2.24, 2.45) is 5.92 Å². The molecular formula is C7H9F5O. The van der Waals surface area contributed by atoms with Crippen molar-refractivity contribution in [1.82, 2.24) is 0 Å². The molecule has 6 heteroatoms. The molecule has 1 nitrogen and oxygen atoms in total. The summed E-state index contributed by atoms with van der Waals surface area (Å²) >= 11 is 0. The molecule has 13 heavy (non-hydrogen) atoms. The van der Waals surface area contributed by atoms with Crippen molar-refractivity contribution in [2.75, 3.05) is 0 Å². The molecule has 0 aromatic rings. The predicted octanol–water partition coefficient (Wildman–Crippen LogP) is 3.78. The summed E-state index contributed by atoms with van der Waals surface area (Å²) in [7, 11) is 0. The highest BCUT2D eigenvalue weighted by molar-refractivity contribution is 5.55. The highest BCUT2D eigenvalue weighted by Crippen LogP contribution is 2.38. The van der Waals surface area contributed by atoms with E-state index in [0.717, 1.165) is 12.8 Å². The molecule has 0 aliphatic heterocycles. The SMILES string of the molecule is FC(F)(F)C1CCCC1.O=C(F)F. The largest absolute Gasteiger partial charge is 0.483 e. The average Bonchev–Trinajstić information content (AvgIpc) is 2.31. The summed E-state index contributed by atoms with van der Waals surface area (Å²) in [5.41, 5.74) is 0. The van der Waals surface area contributed by atoms with E-state index >= 15 is 0 Å². The molecule has 0 bridgehead atoms. The van der Waals surface area contributed by atoms with Crippen molar-refractivity contribution < 1.29 is 26.7 Å². The van der Waals surface area contributed by atoms with Crippen molar-refractivity contribution in [3.05, 3.63) is 0 Å². The molecule has 1 saturated carbocycles. The number of hydrogen-bond acceptors (Lipinski definition) is 1. The van der Waals surface area contributed by atoms with Crippen molar-refractivity contribution in [2.45, 2.75) is 31.9 Å². The van der Waals surface area contributed by atoms with Gasteiger partial charge < -0.3 is 0 Å². The van der Waals surface area contributed by atoms with E-state index in [1.807, 2.05) is 0 Å². The van der Waals surface area contributed by atoms with Crippen LogP contribution in [-0.4, -0.2) is 12.5 Å². The fourth-order valence-corrected chi connectivity index (χ4v) is 1.25. The minimum absolute atomic E-state index is 0.351. The molecule has 1 aliphatic carbocycles. The van der Waals surface area contributed by atoms with Crippen LogP contribution in [0.15, 0.2) is 0 Å². The summed E-state index contributed by atoms with van der Waals surface area (Å²) in [4.78, 5) is 8.11. The summed E-state index contributed by atoms with van der Waals surface area (Å²) in [5.74, 6) is -0.988. The molecule has 1 aliphatic rings. The number of rotatable bonds is 0. The second kappa shape index (κ2) is 5.14. The Morgan fingerprint density at radius 2 is 1.38 bits per heavy atom. The summed E-state index contributed by atoms with van der Waals surface area (Å²) in [5, 5.41) is 0. The lowest BCUT2D eigenvalue weighted by atomic mass is 10.1. The third kappa shape index (κ3) is 6.48. The fraction of sp³-hybridized carbons (Fsp3) is 0.857. The van der Waals surface area contributed by atoms with Crippen molar-refractivity contribution >= 4 is 6.29 Å². The van der Waals surface area contributed by atoms with Gasteiger partial charge in [-0.25, -0.2) is 4.79 Å². The lowest BCUT2D eigenvalue weighted by Crippen LogP contribution is -2.19. The van der Waals surface area contributed by atoms with Crippen molar-refractivity contribution in [3.8, 4) is 0 Å². The van der Waals surface area contributed by atoms with E-state index in [9.17, 15) is 22.0 Å². The molecule has 0 radical (unpaired) electrons. The maximum atomic E-state index is 11.8. The van der Waals surface area contributed by atoms with E-state index in [4.69, 9.17) is 4.79 Å². The van der Waals surface area contributed by atoms with Crippen LogP contribution in [0.1, 0.15) is 25.7 Å². The molecule has 0 atom stereocenters. The van der Waals surface area contributed by atoms with Gasteiger partial charge in [-0.05, 0) is 12.8 Å². The molecule has 0 aromatic carbocycles. The zero-order valence-corrected chi connectivity index (χ0v) is 6.70. The Morgan fingerprint density at radius 1 is 1.08 bits per heavy atom. The quantitative estimate of drug-likeness (QED) is 0.433. The van der Waals surface area contributed by atoms with Crippen LogP contribution in [0.4, 0.5) is 26.7 Å². The Morgan fingerprint density at radius 3 is 1.54 bits per heavy atom. The van der Waals surface area contributed by atoms with Crippen LogP contribution in [0.3, 0.4) is 0 Å². The van der Waals surface area contributed by atoms with Crippen molar-refractivity contribution in [3.63, 3.8) is 0 Å². The fourth-order valence-electron chi connectivity index (χ4n) is 1.25. The van der Waals surface area contributed by atoms with Crippen LogP contribution in [0.2, 0.25) is 0 Å². The van der Waals surface area contributed by atoms with E-state index in [-0.39, 0.29) is 0 Å². The van der Waals surface area contributed by atoms with Crippen LogP contribution >= 0.6 is 0 Å². The van der Waals surface area contributed by atoms with Gasteiger partial charge in [0, 0.05) is 0 Å². The first-order valence-electron chi connectivity index (χ1n) is 3.75. The van der Waals surface area contributed by atoms with Crippen LogP contribution in [0.5, 0.6) is 0 Å². The first-order valence-corrected chi connectivity index (χ1v) is 3.75. The smallest absolute Gasteiger partial charge is 0.219 e. The Hall–Kier alpha value is -0.680. The van der Waals surface area contributed by atoms with Gasteiger partial charge in [0.2, 0.25) is 0 Å². The van der Waals surface area contributed by atoms with E-state index in [0.29, 0.717) is 12.8 Å². The number of halogens is 5. The predicted molar refractivity (Wildman–Crippen MR) is 35.6 cm³/mol. The van der Waals surface area contributed by atoms with Crippen LogP contribution in [0, 0.1) is 5.92 Å². The second-order valence-electron chi connectivity index (χ2n) is 2.75. The molecule has 0 spiro atoms. The molecule has 0 aromatic heterocycles. The maximum Gasteiger partial charge on any atom is 0.483 e. The minimum atomic E-state index is -3.92. The monoisotopic (exact) mass is 204 g/mol. The molecular weight excluding hydrogens is 195 g/mol. The molecule has 0 saturated heterocycles. The molecule has 78 valence electrons. The van der Waals surface area contributed by atoms with Gasteiger partial charge in [-0.2, -0.15) is 13.2 Å². The lowest BCUT2D eigenvalue weighted by Gasteiger charge is -2.12. The third-order valence-corrected chi connectivity index (χ3v) is 1.82. The molecule has 1 fully saturated rings. The van der Waals surface area contributed by atoms with E-state index in [1.165, 1.54) is 0 Å². The van der Waals surface area contributed by atoms with Gasteiger partial charge in [-0.3, -0.25) is 0 Å². The van der Waals surface area contributed by atoms with Gasteiger partial charge in [0.1, 0.15) is 0 Å². The van der Waals surface area contributed by atoms with E-state index in [1.54, 1.807) is 0 Å². The normalized spacial score (nSPS) is 17.9. The van der Waals surface area contributed by atoms with Crippen LogP contribution in [0.25, 0.3) is 0 Å². The maximum absolute atomic E-state index is 11.8. The van der Waals surface area contributed by atoms with Crippen molar-refractivity contribution in [1.29, 1.82) is 0 Å². The Labute approximate surface area is 71.9 Å². The second-order valence-corrected chi connectivity index (χ2v) is 2.75. The van der Waals surface area contributed by atoms with Gasteiger partial charge in [0.25, 0.3) is 0 Å². The topological polar surface area (TPSA) is 17.1 Å². The van der Waals surface area contributed by atoms with Gasteiger partial charge in [-0.1, -0.05) is 12.8 Å². The summed E-state index contributed by atoms with van der Waals surface area (Å²) in [6, 6.07) is 0. The zero-order valence-electron chi connectivity index (χ0n) is 6.70. The number of alkyl halides is 3. The minimum Gasteiger partial charge on any atom is -0.219 e. The standard InChI is InChI=1S/C6H9F3.CF2O/c7-6(8,9)5-3-1-2-4-5;2-1(3)4/h5H,1-4H2;. The van der Waals surface area contributed by atoms with Gasteiger partial charge in [0.05, 0.1) is 5.92 Å². The first kappa shape index (κ1) is 12.3. The third-order valence-electron chi connectivity index (χ3n) is 1.82. The first-order chi connectivity index (χ1) is 5.84. The Balaban J connectivity index is 0.000000310. The molecule has 0 amide bonds. The number of hydrogen-bond donors (Lipinski definition) is 0. The highest BCUT2D eigenvalue weighted by Gasteiger charge is 2.40. The van der Waals surface area contributed by atoms with Crippen LogP contribution in [-0.2, 0) is 0 Å². The van der Waals surface area contributed by atoms with E-state index in [2.05, 4.69) is 0 Å². The van der Waals surface area contributed by atoms with Gasteiger partial charge in [0.15, 0.2) is 0 Å². The summed E-state index contributed by atoms with van der Waals surface area (Å²) < 4.78 is 54.7. The molecule has 0 unspecified atom stereocenters. The average molecular weight is 204 g/mol. The summed E-state index contributed by atoms with van der Waals surface area (Å²) in [6.45, 7) is 0. The Kier molecular flexibility index (Phi) is 4.87. The molecule has 1 rings (SSSR count). The van der Waals surface area contributed by atoms with Gasteiger partial charge in [-0.15, -0.1) is 8.78 Å². The zero-order chi connectivity index (χ0) is 10.5. The van der Waals surface area contributed by atoms with E-state index < -0.39 is 18.4 Å². The van der Waals surface area contributed by atoms with Gasteiger partial charge >= 0.3 is 12.5 Å². The number of carbonyl (C=O) groups is 1. The summed E-state index contributed by atoms with van der Waals surface area (Å²) in [6.07, 6.45) is -4.54. The lowest BCUT2D eigenvalue weighted by molar-refractivity contribution is -0.172. The number of carbonyl (C=O) groups excluding carboxylic acids is 1. The molecule has 0 N–H and O–H groups in total.